The third kappa shape index (κ3) is 4.33. The van der Waals surface area contributed by atoms with Gasteiger partial charge in [0.25, 0.3) is 0 Å². The number of benzene rings is 1. The van der Waals surface area contributed by atoms with Gasteiger partial charge in [0.15, 0.2) is 0 Å². The SMILES string of the molecule is CN(C)S(=O)(=O)c1ccc(CNC(=O)Cn2nc3n(c2=O)CCCCC3)cc1. The Morgan fingerprint density at radius 1 is 1.18 bits per heavy atom. The maximum absolute atomic E-state index is 12.4. The molecule has 2 aromatic rings. The van der Waals surface area contributed by atoms with Crippen molar-refractivity contribution in [3.63, 3.8) is 0 Å². The normalized spacial score (nSPS) is 14.5. The number of hydrogen-bond donors (Lipinski definition) is 1. The smallest absolute Gasteiger partial charge is 0.346 e. The second kappa shape index (κ2) is 8.27. The molecule has 9 nitrogen and oxygen atoms in total. The summed E-state index contributed by atoms with van der Waals surface area (Å²) in [7, 11) is -0.531. The van der Waals surface area contributed by atoms with Gasteiger partial charge in [0, 0.05) is 33.6 Å². The van der Waals surface area contributed by atoms with Crippen LogP contribution in [0.5, 0.6) is 0 Å². The van der Waals surface area contributed by atoms with E-state index in [9.17, 15) is 18.0 Å². The Morgan fingerprint density at radius 2 is 1.89 bits per heavy atom. The number of amides is 1. The third-order valence-corrected chi connectivity index (χ3v) is 6.60. The molecule has 3 rings (SSSR count). The molecule has 1 aromatic carbocycles. The number of aryl methyl sites for hydroxylation is 1. The Hall–Kier alpha value is -2.46. The van der Waals surface area contributed by atoms with E-state index in [1.807, 2.05) is 0 Å². The highest BCUT2D eigenvalue weighted by atomic mass is 32.2. The van der Waals surface area contributed by atoms with E-state index in [2.05, 4.69) is 10.4 Å². The molecule has 2 heterocycles. The molecule has 10 heteroatoms. The summed E-state index contributed by atoms with van der Waals surface area (Å²) in [6.07, 6.45) is 3.79. The van der Waals surface area contributed by atoms with Gasteiger partial charge in [-0.3, -0.25) is 9.36 Å². The number of sulfonamides is 1. The van der Waals surface area contributed by atoms with Crippen LogP contribution in [0.3, 0.4) is 0 Å². The molecule has 28 heavy (non-hydrogen) atoms. The van der Waals surface area contributed by atoms with Crippen molar-refractivity contribution < 1.29 is 13.2 Å². The molecule has 1 N–H and O–H groups in total. The maximum atomic E-state index is 12.4. The van der Waals surface area contributed by atoms with Crippen molar-refractivity contribution in [3.05, 3.63) is 46.1 Å². The van der Waals surface area contributed by atoms with Gasteiger partial charge in [-0.2, -0.15) is 5.10 Å². The van der Waals surface area contributed by atoms with Crippen LogP contribution in [0, 0.1) is 0 Å². The molecular formula is C18H25N5O4S. The van der Waals surface area contributed by atoms with Crippen LogP contribution in [-0.2, 0) is 40.9 Å². The van der Waals surface area contributed by atoms with Crippen LogP contribution in [0.15, 0.2) is 34.0 Å². The first-order chi connectivity index (χ1) is 13.3. The van der Waals surface area contributed by atoms with Crippen LogP contribution in [-0.4, -0.2) is 47.1 Å². The second-order valence-corrected chi connectivity index (χ2v) is 9.18. The van der Waals surface area contributed by atoms with Crippen molar-refractivity contribution in [2.24, 2.45) is 0 Å². The van der Waals surface area contributed by atoms with Gasteiger partial charge >= 0.3 is 5.69 Å². The van der Waals surface area contributed by atoms with Crippen LogP contribution in [0.2, 0.25) is 0 Å². The minimum Gasteiger partial charge on any atom is -0.350 e. The molecule has 0 bridgehead atoms. The van der Waals surface area contributed by atoms with E-state index in [1.165, 1.54) is 30.9 Å². The van der Waals surface area contributed by atoms with Crippen molar-refractivity contribution in [1.82, 2.24) is 24.0 Å². The van der Waals surface area contributed by atoms with Gasteiger partial charge in [-0.15, -0.1) is 0 Å². The summed E-state index contributed by atoms with van der Waals surface area (Å²) in [5.74, 6) is 0.424. The molecule has 0 aliphatic carbocycles. The van der Waals surface area contributed by atoms with Crippen LogP contribution >= 0.6 is 0 Å². The predicted molar refractivity (Wildman–Crippen MR) is 103 cm³/mol. The Balaban J connectivity index is 1.60. The van der Waals surface area contributed by atoms with E-state index in [-0.39, 0.29) is 29.6 Å². The highest BCUT2D eigenvalue weighted by Crippen LogP contribution is 2.14. The van der Waals surface area contributed by atoms with Crippen molar-refractivity contribution in [2.75, 3.05) is 14.1 Å². The first-order valence-electron chi connectivity index (χ1n) is 9.24. The first-order valence-corrected chi connectivity index (χ1v) is 10.7. The monoisotopic (exact) mass is 407 g/mol. The van der Waals surface area contributed by atoms with Crippen molar-refractivity contribution in [1.29, 1.82) is 0 Å². The zero-order valence-electron chi connectivity index (χ0n) is 16.1. The van der Waals surface area contributed by atoms with E-state index in [0.717, 1.165) is 41.4 Å². The quantitative estimate of drug-likeness (QED) is 0.743. The molecule has 0 spiro atoms. The van der Waals surface area contributed by atoms with Crippen LogP contribution in [0.4, 0.5) is 0 Å². The molecule has 0 saturated heterocycles. The number of carbonyl (C=O) groups is 1. The highest BCUT2D eigenvalue weighted by Gasteiger charge is 2.18. The van der Waals surface area contributed by atoms with Gasteiger partial charge in [0.1, 0.15) is 12.4 Å². The van der Waals surface area contributed by atoms with E-state index in [4.69, 9.17) is 0 Å². The van der Waals surface area contributed by atoms with E-state index in [0.29, 0.717) is 6.54 Å². The predicted octanol–water partition coefficient (Wildman–Crippen LogP) is 0.338. The van der Waals surface area contributed by atoms with Gasteiger partial charge in [0.2, 0.25) is 15.9 Å². The number of hydrogen-bond acceptors (Lipinski definition) is 5. The number of rotatable bonds is 6. The standard InChI is InChI=1S/C18H25N5O4S/c1-21(2)28(26,27)15-9-7-14(8-10-15)12-19-17(24)13-23-18(25)22-11-5-3-4-6-16(22)20-23/h7-10H,3-6,11-13H2,1-2H3,(H,19,24). The summed E-state index contributed by atoms with van der Waals surface area (Å²) < 4.78 is 28.1. The average molecular weight is 407 g/mol. The summed E-state index contributed by atoms with van der Waals surface area (Å²) in [5.41, 5.74) is 0.518. The zero-order valence-corrected chi connectivity index (χ0v) is 16.9. The Bertz CT molecular complexity index is 1010. The maximum Gasteiger partial charge on any atom is 0.346 e. The van der Waals surface area contributed by atoms with Crippen molar-refractivity contribution >= 4 is 15.9 Å². The molecule has 1 aromatic heterocycles. The largest absolute Gasteiger partial charge is 0.350 e. The Morgan fingerprint density at radius 3 is 2.57 bits per heavy atom. The lowest BCUT2D eigenvalue weighted by Crippen LogP contribution is -2.33. The fraction of sp³-hybridized carbons (Fsp3) is 0.500. The fourth-order valence-electron chi connectivity index (χ4n) is 3.11. The zero-order chi connectivity index (χ0) is 20.3. The summed E-state index contributed by atoms with van der Waals surface area (Å²) in [6.45, 7) is 0.757. The molecule has 1 amide bonds. The highest BCUT2D eigenvalue weighted by molar-refractivity contribution is 7.89. The summed E-state index contributed by atoms with van der Waals surface area (Å²) >= 11 is 0. The lowest BCUT2D eigenvalue weighted by atomic mass is 10.2. The van der Waals surface area contributed by atoms with Gasteiger partial charge in [-0.1, -0.05) is 18.6 Å². The fourth-order valence-corrected chi connectivity index (χ4v) is 4.01. The van der Waals surface area contributed by atoms with Gasteiger partial charge in [-0.05, 0) is 30.5 Å². The van der Waals surface area contributed by atoms with Crippen molar-refractivity contribution in [2.45, 2.75) is 50.2 Å². The molecule has 0 fully saturated rings. The first kappa shape index (κ1) is 20.3. The van der Waals surface area contributed by atoms with Gasteiger partial charge in [0.05, 0.1) is 4.90 Å². The molecule has 0 atom stereocenters. The van der Waals surface area contributed by atoms with E-state index >= 15 is 0 Å². The summed E-state index contributed by atoms with van der Waals surface area (Å²) in [4.78, 5) is 24.8. The average Bonchev–Trinajstić information content (AvgIpc) is 2.83. The number of aromatic nitrogens is 3. The molecule has 0 radical (unpaired) electrons. The van der Waals surface area contributed by atoms with E-state index < -0.39 is 10.0 Å². The van der Waals surface area contributed by atoms with Crippen molar-refractivity contribution in [3.8, 4) is 0 Å². The molecule has 1 aliphatic rings. The minimum atomic E-state index is -3.48. The number of nitrogens with zero attached hydrogens (tertiary/aromatic N) is 4. The second-order valence-electron chi connectivity index (χ2n) is 7.03. The van der Waals surface area contributed by atoms with Gasteiger partial charge in [-0.25, -0.2) is 22.2 Å². The molecule has 152 valence electrons. The van der Waals surface area contributed by atoms with Crippen LogP contribution < -0.4 is 11.0 Å². The minimum absolute atomic E-state index is 0.133. The van der Waals surface area contributed by atoms with Crippen LogP contribution in [0.25, 0.3) is 0 Å². The van der Waals surface area contributed by atoms with Gasteiger partial charge < -0.3 is 5.32 Å². The summed E-state index contributed by atoms with van der Waals surface area (Å²) in [6, 6.07) is 6.32. The molecular weight excluding hydrogens is 382 g/mol. The lowest BCUT2D eigenvalue weighted by molar-refractivity contribution is -0.122. The van der Waals surface area contributed by atoms with Crippen LogP contribution in [0.1, 0.15) is 30.7 Å². The Kier molecular flexibility index (Phi) is 5.99. The summed E-state index contributed by atoms with van der Waals surface area (Å²) in [5, 5.41) is 7.04. The molecule has 0 unspecified atom stereocenters. The molecule has 1 aliphatic heterocycles. The lowest BCUT2D eigenvalue weighted by Gasteiger charge is -2.12. The molecule has 0 saturated carbocycles. The number of nitrogens with one attached hydrogen (secondary N) is 1. The number of fused-ring (bicyclic) bond motifs is 1. The van der Waals surface area contributed by atoms with E-state index in [1.54, 1.807) is 16.7 Å². The topological polar surface area (TPSA) is 106 Å². The Labute approximate surface area is 164 Å². The third-order valence-electron chi connectivity index (χ3n) is 4.77. The number of carbonyl (C=O) groups excluding carboxylic acids is 1.